The van der Waals surface area contributed by atoms with Crippen molar-refractivity contribution in [2.75, 3.05) is 31.1 Å². The van der Waals surface area contributed by atoms with E-state index in [0.29, 0.717) is 12.6 Å². The molecule has 0 radical (unpaired) electrons. The summed E-state index contributed by atoms with van der Waals surface area (Å²) in [5.41, 5.74) is 6.39. The van der Waals surface area contributed by atoms with Gasteiger partial charge in [0.2, 0.25) is 0 Å². The van der Waals surface area contributed by atoms with Gasteiger partial charge in [-0.2, -0.15) is 0 Å². The van der Waals surface area contributed by atoms with Crippen molar-refractivity contribution >= 4 is 11.4 Å². The van der Waals surface area contributed by atoms with E-state index in [2.05, 4.69) is 10.2 Å². The summed E-state index contributed by atoms with van der Waals surface area (Å²) >= 11 is 0. The fraction of sp³-hybridized carbons (Fsp3) is 0.600. The second-order valence-corrected chi connectivity index (χ2v) is 4.75. The monoisotopic (exact) mass is 294 g/mol. The lowest BCUT2D eigenvalue weighted by molar-refractivity contribution is -0.384. The van der Waals surface area contributed by atoms with E-state index in [1.54, 1.807) is 12.1 Å². The lowest BCUT2D eigenvalue weighted by Gasteiger charge is -2.33. The Bertz CT molecular complexity index is 431. The van der Waals surface area contributed by atoms with Crippen LogP contribution in [0.15, 0.2) is 24.3 Å². The third-order valence-corrected chi connectivity index (χ3v) is 3.49. The number of nitro benzene ring substituents is 1. The quantitative estimate of drug-likeness (QED) is 0.642. The average Bonchev–Trinajstić information content (AvgIpc) is 2.55. The van der Waals surface area contributed by atoms with Crippen LogP contribution in [-0.4, -0.2) is 37.1 Å². The van der Waals surface area contributed by atoms with Gasteiger partial charge in [-0.3, -0.25) is 10.1 Å². The molecule has 21 heavy (non-hydrogen) atoms. The van der Waals surface area contributed by atoms with E-state index in [-0.39, 0.29) is 10.6 Å². The summed E-state index contributed by atoms with van der Waals surface area (Å²) in [6.07, 6.45) is 1.98. The first-order chi connectivity index (χ1) is 10.2. The number of nitrogens with one attached hydrogen (secondary N) is 1. The number of rotatable bonds is 5. The van der Waals surface area contributed by atoms with Crippen LogP contribution >= 0.6 is 0 Å². The number of nitrogens with zero attached hydrogens (tertiary/aromatic N) is 2. The molecule has 118 valence electrons. The fourth-order valence-electron chi connectivity index (χ4n) is 2.50. The third-order valence-electron chi connectivity index (χ3n) is 3.49. The molecule has 0 amide bonds. The van der Waals surface area contributed by atoms with Gasteiger partial charge in [0.15, 0.2) is 0 Å². The maximum absolute atomic E-state index is 11.0. The lowest BCUT2D eigenvalue weighted by Crippen LogP contribution is -2.44. The molecule has 0 atom stereocenters. The van der Waals surface area contributed by atoms with Crippen LogP contribution < -0.4 is 16.0 Å². The number of piperidine rings is 1. The van der Waals surface area contributed by atoms with Gasteiger partial charge in [-0.05, 0) is 18.9 Å². The summed E-state index contributed by atoms with van der Waals surface area (Å²) in [5, 5.41) is 14.4. The Hall–Kier alpha value is -1.66. The van der Waals surface area contributed by atoms with Crippen LogP contribution in [0.2, 0.25) is 0 Å². The highest BCUT2D eigenvalue weighted by molar-refractivity contribution is 5.63. The van der Waals surface area contributed by atoms with Gasteiger partial charge in [0.1, 0.15) is 5.69 Å². The summed E-state index contributed by atoms with van der Waals surface area (Å²) in [5.74, 6) is 0. The largest absolute Gasteiger partial charge is 0.366 e. The lowest BCUT2D eigenvalue weighted by atomic mass is 10.0. The van der Waals surface area contributed by atoms with Crippen molar-refractivity contribution in [1.29, 1.82) is 0 Å². The van der Waals surface area contributed by atoms with Crippen molar-refractivity contribution < 1.29 is 4.92 Å². The van der Waals surface area contributed by atoms with Crippen molar-refractivity contribution in [3.8, 4) is 0 Å². The first kappa shape index (κ1) is 17.4. The van der Waals surface area contributed by atoms with E-state index in [1.165, 1.54) is 0 Å². The molecule has 0 aliphatic carbocycles. The number of benzene rings is 1. The van der Waals surface area contributed by atoms with E-state index >= 15 is 0 Å². The molecular weight excluding hydrogens is 268 g/mol. The van der Waals surface area contributed by atoms with Crippen LogP contribution in [0, 0.1) is 10.1 Å². The smallest absolute Gasteiger partial charge is 0.292 e. The molecule has 0 bridgehead atoms. The second kappa shape index (κ2) is 9.31. The zero-order valence-electron chi connectivity index (χ0n) is 12.9. The maximum Gasteiger partial charge on any atom is 0.292 e. The summed E-state index contributed by atoms with van der Waals surface area (Å²) in [4.78, 5) is 12.8. The highest BCUT2D eigenvalue weighted by atomic mass is 16.6. The summed E-state index contributed by atoms with van der Waals surface area (Å²) in [7, 11) is 0. The molecule has 0 saturated carbocycles. The molecule has 0 unspecified atom stereocenters. The number of anilines is 1. The first-order valence-corrected chi connectivity index (χ1v) is 7.64. The minimum atomic E-state index is -0.311. The van der Waals surface area contributed by atoms with Crippen LogP contribution in [0.25, 0.3) is 0 Å². The SMILES string of the molecule is CC.NCCNC1CCN(c2ccccc2[N+](=O)[O-])CC1. The maximum atomic E-state index is 11.0. The molecule has 1 aliphatic heterocycles. The number of para-hydroxylation sites is 2. The second-order valence-electron chi connectivity index (χ2n) is 4.75. The van der Waals surface area contributed by atoms with E-state index < -0.39 is 0 Å². The molecule has 2 rings (SSSR count). The van der Waals surface area contributed by atoms with Crippen LogP contribution in [0.4, 0.5) is 11.4 Å². The number of nitro groups is 1. The van der Waals surface area contributed by atoms with Crippen LogP contribution in [0.3, 0.4) is 0 Å². The molecule has 0 spiro atoms. The fourth-order valence-corrected chi connectivity index (χ4v) is 2.50. The molecule has 1 aromatic rings. The van der Waals surface area contributed by atoms with Crippen molar-refractivity contribution in [1.82, 2.24) is 5.32 Å². The van der Waals surface area contributed by atoms with Gasteiger partial charge in [-0.15, -0.1) is 0 Å². The highest BCUT2D eigenvalue weighted by Gasteiger charge is 2.23. The summed E-state index contributed by atoms with van der Waals surface area (Å²) in [6, 6.07) is 7.42. The molecular formula is C15H26N4O2. The van der Waals surface area contributed by atoms with Crippen molar-refractivity contribution in [3.63, 3.8) is 0 Å². The van der Waals surface area contributed by atoms with Crippen LogP contribution in [-0.2, 0) is 0 Å². The minimum absolute atomic E-state index is 0.191. The minimum Gasteiger partial charge on any atom is -0.366 e. The van der Waals surface area contributed by atoms with E-state index in [4.69, 9.17) is 5.73 Å². The van der Waals surface area contributed by atoms with Gasteiger partial charge in [-0.1, -0.05) is 26.0 Å². The molecule has 0 aromatic heterocycles. The average molecular weight is 294 g/mol. The number of nitrogens with two attached hydrogens (primary N) is 1. The van der Waals surface area contributed by atoms with E-state index in [9.17, 15) is 10.1 Å². The molecule has 1 saturated heterocycles. The van der Waals surface area contributed by atoms with Gasteiger partial charge >= 0.3 is 0 Å². The number of hydrogen-bond donors (Lipinski definition) is 2. The predicted octanol–water partition coefficient (Wildman–Crippen LogP) is 2.14. The van der Waals surface area contributed by atoms with Crippen LogP contribution in [0.5, 0.6) is 0 Å². The Morgan fingerprint density at radius 3 is 2.52 bits per heavy atom. The molecule has 6 heteroatoms. The van der Waals surface area contributed by atoms with Gasteiger partial charge in [-0.25, -0.2) is 0 Å². The van der Waals surface area contributed by atoms with E-state index in [1.807, 2.05) is 26.0 Å². The van der Waals surface area contributed by atoms with Crippen molar-refractivity contribution in [2.45, 2.75) is 32.7 Å². The normalized spacial score (nSPS) is 15.3. The Morgan fingerprint density at radius 1 is 1.33 bits per heavy atom. The van der Waals surface area contributed by atoms with Gasteiger partial charge in [0, 0.05) is 38.3 Å². The number of hydrogen-bond acceptors (Lipinski definition) is 5. The van der Waals surface area contributed by atoms with E-state index in [0.717, 1.165) is 38.2 Å². The molecule has 1 fully saturated rings. The topological polar surface area (TPSA) is 84.4 Å². The molecule has 6 nitrogen and oxygen atoms in total. The standard InChI is InChI=1S/C13H20N4O2.C2H6/c14-7-8-15-11-5-9-16(10-6-11)12-3-1-2-4-13(12)17(18)19;1-2/h1-4,11,15H,5-10,14H2;1-2H3. The van der Waals surface area contributed by atoms with Gasteiger partial charge in [0.05, 0.1) is 4.92 Å². The summed E-state index contributed by atoms with van der Waals surface area (Å²) in [6.45, 7) is 7.15. The first-order valence-electron chi connectivity index (χ1n) is 7.64. The highest BCUT2D eigenvalue weighted by Crippen LogP contribution is 2.29. The van der Waals surface area contributed by atoms with Crippen molar-refractivity contribution in [2.24, 2.45) is 5.73 Å². The molecule has 1 aliphatic rings. The third kappa shape index (κ3) is 4.99. The molecule has 3 N–H and O–H groups in total. The Kier molecular flexibility index (Phi) is 7.71. The molecule has 1 heterocycles. The predicted molar refractivity (Wildman–Crippen MR) is 86.7 cm³/mol. The summed E-state index contributed by atoms with van der Waals surface area (Å²) < 4.78 is 0. The van der Waals surface area contributed by atoms with Gasteiger partial charge < -0.3 is 16.0 Å². The Balaban J connectivity index is 0.00000106. The zero-order chi connectivity index (χ0) is 15.7. The zero-order valence-corrected chi connectivity index (χ0v) is 12.9. The van der Waals surface area contributed by atoms with Crippen molar-refractivity contribution in [3.05, 3.63) is 34.4 Å². The Labute approximate surface area is 126 Å². The van der Waals surface area contributed by atoms with Gasteiger partial charge in [0.25, 0.3) is 5.69 Å². The Morgan fingerprint density at radius 2 is 1.95 bits per heavy atom. The van der Waals surface area contributed by atoms with Crippen LogP contribution in [0.1, 0.15) is 26.7 Å². The molecule has 1 aromatic carbocycles.